The van der Waals surface area contributed by atoms with Crippen LogP contribution in [0.4, 0.5) is 29.3 Å². The van der Waals surface area contributed by atoms with Crippen molar-refractivity contribution in [3.8, 4) is 11.8 Å². The molecule has 13 heteroatoms. The summed E-state index contributed by atoms with van der Waals surface area (Å²) in [6.45, 7) is 6.84. The number of benzene rings is 2. The van der Waals surface area contributed by atoms with Gasteiger partial charge in [0.2, 0.25) is 11.8 Å². The molecule has 2 aromatic carbocycles. The molecule has 3 amide bonds. The molecule has 0 spiro atoms. The zero-order valence-electron chi connectivity index (χ0n) is 23.2. The first-order valence-corrected chi connectivity index (χ1v) is 13.4. The van der Waals surface area contributed by atoms with Gasteiger partial charge in [-0.25, -0.2) is 9.69 Å². The van der Waals surface area contributed by atoms with E-state index in [1.54, 1.807) is 45.0 Å². The van der Waals surface area contributed by atoms with Crippen molar-refractivity contribution in [1.29, 1.82) is 5.26 Å². The van der Waals surface area contributed by atoms with Crippen LogP contribution in [0.1, 0.15) is 31.9 Å². The molecule has 3 aliphatic rings. The summed E-state index contributed by atoms with van der Waals surface area (Å²) >= 11 is 0. The molecule has 2 aromatic rings. The van der Waals surface area contributed by atoms with Gasteiger partial charge >= 0.3 is 12.3 Å². The van der Waals surface area contributed by atoms with Crippen molar-refractivity contribution < 1.29 is 41.8 Å². The monoisotopic (exact) mass is 586 g/mol. The minimum absolute atomic E-state index is 0.218. The predicted octanol–water partition coefficient (Wildman–Crippen LogP) is 4.19. The average molecular weight is 587 g/mol. The Bertz CT molecular complexity index is 1420. The molecular formula is C29H29F3N4O6. The molecule has 4 atom stereocenters. The molecule has 3 aliphatic heterocycles. The van der Waals surface area contributed by atoms with Crippen molar-refractivity contribution >= 4 is 29.3 Å². The van der Waals surface area contributed by atoms with Crippen molar-refractivity contribution in [2.24, 2.45) is 11.8 Å². The van der Waals surface area contributed by atoms with E-state index in [2.05, 4.69) is 5.32 Å². The predicted molar refractivity (Wildman–Crippen MR) is 143 cm³/mol. The molecule has 222 valence electrons. The number of nitriles is 1. The fourth-order valence-electron chi connectivity index (χ4n) is 6.39. The molecule has 3 fully saturated rings. The largest absolute Gasteiger partial charge is 0.492 e. The third kappa shape index (κ3) is 5.16. The lowest BCUT2D eigenvalue weighted by atomic mass is 9.79. The second-order valence-corrected chi connectivity index (χ2v) is 11.0. The molecule has 2 bridgehead atoms. The van der Waals surface area contributed by atoms with E-state index in [0.717, 1.165) is 11.0 Å². The van der Waals surface area contributed by atoms with Crippen LogP contribution >= 0.6 is 0 Å². The summed E-state index contributed by atoms with van der Waals surface area (Å²) in [5.41, 5.74) is -3.57. The molecular weight excluding hydrogens is 557 g/mol. The highest BCUT2D eigenvalue weighted by Gasteiger charge is 2.71. The number of carbonyl (C=O) groups excluding carboxylic acids is 3. The van der Waals surface area contributed by atoms with Gasteiger partial charge in [0.05, 0.1) is 52.5 Å². The minimum atomic E-state index is -4.83. The van der Waals surface area contributed by atoms with E-state index >= 15 is 0 Å². The van der Waals surface area contributed by atoms with Crippen molar-refractivity contribution in [2.45, 2.75) is 38.1 Å². The number of hydrogen-bond donors (Lipinski definition) is 1. The topological polar surface area (TPSA) is 121 Å². The Morgan fingerprint density at radius 3 is 2.26 bits per heavy atom. The van der Waals surface area contributed by atoms with Gasteiger partial charge in [0.25, 0.3) is 0 Å². The highest BCUT2D eigenvalue weighted by Crippen LogP contribution is 2.55. The highest BCUT2D eigenvalue weighted by molar-refractivity contribution is 6.23. The molecule has 0 unspecified atom stereocenters. The Kier molecular flexibility index (Phi) is 7.40. The van der Waals surface area contributed by atoms with Gasteiger partial charge in [0.15, 0.2) is 0 Å². The maximum atomic E-state index is 13.6. The van der Waals surface area contributed by atoms with E-state index in [-0.39, 0.29) is 12.3 Å². The SMILES string of the molecule is CCOC(=O)Nc1ccc(OCCN2C[C@@]3(C)O[C@@](C)(C2)[C@H]2C(=O)N(c4ccc(C#N)c(C(F)(F)F)c4)C(=O)[C@H]23)cc1. The fraction of sp³-hybridized carbons (Fsp3) is 0.448. The van der Waals surface area contributed by atoms with Crippen molar-refractivity contribution in [3.05, 3.63) is 53.6 Å². The van der Waals surface area contributed by atoms with Crippen molar-refractivity contribution in [1.82, 2.24) is 4.90 Å². The molecule has 42 heavy (non-hydrogen) atoms. The van der Waals surface area contributed by atoms with Gasteiger partial charge in [-0.1, -0.05) is 0 Å². The van der Waals surface area contributed by atoms with E-state index in [1.807, 2.05) is 4.90 Å². The third-order valence-corrected chi connectivity index (χ3v) is 7.90. The highest BCUT2D eigenvalue weighted by atomic mass is 19.4. The summed E-state index contributed by atoms with van der Waals surface area (Å²) in [5.74, 6) is -2.43. The first-order chi connectivity index (χ1) is 19.8. The van der Waals surface area contributed by atoms with E-state index in [0.29, 0.717) is 43.7 Å². The number of alkyl halides is 3. The summed E-state index contributed by atoms with van der Waals surface area (Å²) in [4.78, 5) is 41.7. The van der Waals surface area contributed by atoms with Gasteiger partial charge < -0.3 is 14.2 Å². The van der Waals surface area contributed by atoms with Crippen LogP contribution in [0.3, 0.4) is 0 Å². The van der Waals surface area contributed by atoms with Gasteiger partial charge in [0.1, 0.15) is 12.4 Å². The average Bonchev–Trinajstić information content (AvgIpc) is 3.29. The molecule has 0 radical (unpaired) electrons. The molecule has 3 heterocycles. The van der Waals surface area contributed by atoms with E-state index in [9.17, 15) is 27.6 Å². The van der Waals surface area contributed by atoms with Gasteiger partial charge in [-0.15, -0.1) is 0 Å². The number of amides is 3. The van der Waals surface area contributed by atoms with Crippen LogP contribution in [0.2, 0.25) is 0 Å². The van der Waals surface area contributed by atoms with Crippen LogP contribution < -0.4 is 15.0 Å². The van der Waals surface area contributed by atoms with Crippen LogP contribution in [-0.4, -0.2) is 66.9 Å². The Morgan fingerprint density at radius 2 is 1.71 bits per heavy atom. The van der Waals surface area contributed by atoms with Crippen LogP contribution in [0.25, 0.3) is 0 Å². The standard InChI is InChI=1S/C29H29F3N4O6/c1-4-40-26(39)34-18-6-9-20(10-7-18)41-12-11-35-15-27(2)22-23(28(3,16-35)42-27)25(38)36(24(22)37)19-8-5-17(14-33)21(13-19)29(30,31)32/h5-10,13,22-23H,4,11-12,15-16H2,1-3H3,(H,34,39)/t22-,23+,27+,28-. The number of nitrogens with zero attached hydrogens (tertiary/aromatic N) is 3. The van der Waals surface area contributed by atoms with E-state index in [1.165, 1.54) is 12.1 Å². The van der Waals surface area contributed by atoms with E-state index < -0.39 is 58.2 Å². The summed E-state index contributed by atoms with van der Waals surface area (Å²) in [5, 5.41) is 11.7. The summed E-state index contributed by atoms with van der Waals surface area (Å²) in [6.07, 6.45) is -5.38. The number of anilines is 2. The molecule has 10 nitrogen and oxygen atoms in total. The maximum Gasteiger partial charge on any atom is 0.417 e. The number of rotatable bonds is 7. The minimum Gasteiger partial charge on any atom is -0.492 e. The lowest BCUT2D eigenvalue weighted by molar-refractivity contribution is -0.169. The Labute approximate surface area is 239 Å². The summed E-state index contributed by atoms with van der Waals surface area (Å²) in [6, 6.07) is 11.1. The zero-order valence-corrected chi connectivity index (χ0v) is 23.2. The molecule has 0 saturated carbocycles. The number of hydrogen-bond acceptors (Lipinski definition) is 8. The van der Waals surface area contributed by atoms with Gasteiger partial charge in [-0.2, -0.15) is 18.4 Å². The van der Waals surface area contributed by atoms with Crippen molar-refractivity contribution in [2.75, 3.05) is 43.1 Å². The fourth-order valence-corrected chi connectivity index (χ4v) is 6.39. The zero-order chi connectivity index (χ0) is 30.4. The summed E-state index contributed by atoms with van der Waals surface area (Å²) < 4.78 is 57.8. The lowest BCUT2D eigenvalue weighted by Crippen LogP contribution is -2.58. The number of fused-ring (bicyclic) bond motifs is 5. The van der Waals surface area contributed by atoms with Crippen LogP contribution in [-0.2, 0) is 25.2 Å². The molecule has 0 aromatic heterocycles. The normalized spacial score (nSPS) is 27.0. The molecule has 0 aliphatic carbocycles. The first-order valence-electron chi connectivity index (χ1n) is 13.4. The number of morpholine rings is 1. The second-order valence-electron chi connectivity index (χ2n) is 11.0. The van der Waals surface area contributed by atoms with Gasteiger partial charge in [-0.3, -0.25) is 19.8 Å². The van der Waals surface area contributed by atoms with Crippen LogP contribution in [0.15, 0.2) is 42.5 Å². The number of halogens is 3. The Balaban J connectivity index is 1.27. The van der Waals surface area contributed by atoms with Crippen LogP contribution in [0, 0.1) is 23.2 Å². The number of nitrogens with one attached hydrogen (secondary N) is 1. The maximum absolute atomic E-state index is 13.6. The molecule has 3 saturated heterocycles. The van der Waals surface area contributed by atoms with Crippen LogP contribution in [0.5, 0.6) is 5.75 Å². The number of likely N-dealkylation sites (tertiary alicyclic amines) is 1. The number of imide groups is 1. The quantitative estimate of drug-likeness (QED) is 0.480. The van der Waals surface area contributed by atoms with Crippen molar-refractivity contribution in [3.63, 3.8) is 0 Å². The second kappa shape index (κ2) is 10.6. The molecule has 1 N–H and O–H groups in total. The van der Waals surface area contributed by atoms with E-state index in [4.69, 9.17) is 19.5 Å². The molecule has 5 rings (SSSR count). The van der Waals surface area contributed by atoms with Gasteiger partial charge in [0, 0.05) is 25.3 Å². The number of ether oxygens (including phenoxy) is 3. The lowest BCUT2D eigenvalue weighted by Gasteiger charge is -2.45. The van der Waals surface area contributed by atoms with Gasteiger partial charge in [-0.05, 0) is 63.2 Å². The third-order valence-electron chi connectivity index (χ3n) is 7.90. The Hall–Kier alpha value is -4.15. The summed E-state index contributed by atoms with van der Waals surface area (Å²) in [7, 11) is 0. The Morgan fingerprint density at radius 1 is 1.10 bits per heavy atom. The number of carbonyl (C=O) groups is 3. The smallest absolute Gasteiger partial charge is 0.417 e. The first kappa shape index (κ1) is 29.3.